The second-order valence-electron chi connectivity index (χ2n) is 6.98. The lowest BCUT2D eigenvalue weighted by Crippen LogP contribution is -2.49. The highest BCUT2D eigenvalue weighted by molar-refractivity contribution is 5.76. The minimum Gasteiger partial charge on any atom is -0.352 e. The van der Waals surface area contributed by atoms with Crippen molar-refractivity contribution in [2.24, 2.45) is 0 Å². The Bertz CT molecular complexity index is 884. The molecule has 0 unspecified atom stereocenters. The second kappa shape index (κ2) is 8.20. The molecule has 0 atom stereocenters. The maximum atomic E-state index is 12.5. The SMILES string of the molecule is O=C(CCCCc1ccccc1)N1CCN(c2ccc3nccn3n2)CC1. The van der Waals surface area contributed by atoms with Crippen molar-refractivity contribution in [1.29, 1.82) is 0 Å². The molecule has 0 aliphatic carbocycles. The Balaban J connectivity index is 1.22. The first-order chi connectivity index (χ1) is 13.3. The lowest BCUT2D eigenvalue weighted by atomic mass is 10.1. The molecule has 0 saturated carbocycles. The fraction of sp³-hybridized carbons (Fsp3) is 0.381. The van der Waals surface area contributed by atoms with E-state index in [1.165, 1.54) is 5.56 Å². The van der Waals surface area contributed by atoms with Crippen LogP contribution in [0, 0.1) is 0 Å². The van der Waals surface area contributed by atoms with Gasteiger partial charge in [-0.05, 0) is 37.0 Å². The molecule has 1 aliphatic rings. The number of carbonyl (C=O) groups excluding carboxylic acids is 1. The van der Waals surface area contributed by atoms with Gasteiger partial charge in [0.15, 0.2) is 5.65 Å². The molecule has 140 valence electrons. The van der Waals surface area contributed by atoms with Crippen LogP contribution >= 0.6 is 0 Å². The maximum absolute atomic E-state index is 12.5. The van der Waals surface area contributed by atoms with Crippen LogP contribution in [-0.2, 0) is 11.2 Å². The number of piperazine rings is 1. The molecule has 0 spiro atoms. The van der Waals surface area contributed by atoms with E-state index in [0.29, 0.717) is 6.42 Å². The summed E-state index contributed by atoms with van der Waals surface area (Å²) in [6.07, 6.45) is 7.31. The summed E-state index contributed by atoms with van der Waals surface area (Å²) < 4.78 is 1.79. The zero-order valence-corrected chi connectivity index (χ0v) is 15.5. The molecule has 3 heterocycles. The van der Waals surface area contributed by atoms with E-state index in [4.69, 9.17) is 0 Å². The topological polar surface area (TPSA) is 53.7 Å². The van der Waals surface area contributed by atoms with Gasteiger partial charge in [-0.25, -0.2) is 9.50 Å². The Kier molecular flexibility index (Phi) is 5.32. The zero-order chi connectivity index (χ0) is 18.5. The second-order valence-corrected chi connectivity index (χ2v) is 6.98. The summed E-state index contributed by atoms with van der Waals surface area (Å²) in [5.74, 6) is 1.22. The summed E-state index contributed by atoms with van der Waals surface area (Å²) in [4.78, 5) is 20.9. The van der Waals surface area contributed by atoms with E-state index >= 15 is 0 Å². The molecule has 1 amide bonds. The minimum absolute atomic E-state index is 0.278. The molecule has 6 heteroatoms. The molecule has 3 aromatic rings. The van der Waals surface area contributed by atoms with Crippen molar-refractivity contribution in [3.05, 3.63) is 60.4 Å². The summed E-state index contributed by atoms with van der Waals surface area (Å²) in [5, 5.41) is 4.59. The number of aryl methyl sites for hydroxylation is 1. The molecule has 27 heavy (non-hydrogen) atoms. The number of aromatic nitrogens is 3. The van der Waals surface area contributed by atoms with E-state index in [9.17, 15) is 4.79 Å². The number of hydrogen-bond acceptors (Lipinski definition) is 4. The summed E-state index contributed by atoms with van der Waals surface area (Å²) in [7, 11) is 0. The van der Waals surface area contributed by atoms with Crippen molar-refractivity contribution < 1.29 is 4.79 Å². The van der Waals surface area contributed by atoms with Crippen LogP contribution in [0.5, 0.6) is 0 Å². The van der Waals surface area contributed by atoms with Crippen LogP contribution in [0.3, 0.4) is 0 Å². The largest absolute Gasteiger partial charge is 0.352 e. The van der Waals surface area contributed by atoms with Crippen LogP contribution in [0.4, 0.5) is 5.82 Å². The van der Waals surface area contributed by atoms with Gasteiger partial charge in [0.2, 0.25) is 5.91 Å². The van der Waals surface area contributed by atoms with Gasteiger partial charge in [0.05, 0.1) is 0 Å². The van der Waals surface area contributed by atoms with Gasteiger partial charge < -0.3 is 9.80 Å². The quantitative estimate of drug-likeness (QED) is 0.632. The number of fused-ring (bicyclic) bond motifs is 1. The van der Waals surface area contributed by atoms with E-state index in [-0.39, 0.29) is 5.91 Å². The predicted molar refractivity (Wildman–Crippen MR) is 106 cm³/mol. The van der Waals surface area contributed by atoms with Gasteiger partial charge in [-0.3, -0.25) is 4.79 Å². The van der Waals surface area contributed by atoms with Crippen LogP contribution in [0.1, 0.15) is 24.8 Å². The molecule has 1 saturated heterocycles. The summed E-state index contributed by atoms with van der Waals surface area (Å²) in [5.41, 5.74) is 2.20. The zero-order valence-electron chi connectivity index (χ0n) is 15.5. The first-order valence-corrected chi connectivity index (χ1v) is 9.67. The maximum Gasteiger partial charge on any atom is 0.222 e. The molecule has 0 radical (unpaired) electrons. The first-order valence-electron chi connectivity index (χ1n) is 9.67. The van der Waals surface area contributed by atoms with Crippen LogP contribution < -0.4 is 4.90 Å². The Morgan fingerprint density at radius 3 is 2.59 bits per heavy atom. The third kappa shape index (κ3) is 4.27. The number of nitrogens with zero attached hydrogens (tertiary/aromatic N) is 5. The van der Waals surface area contributed by atoms with E-state index in [2.05, 4.69) is 39.2 Å². The fourth-order valence-corrected chi connectivity index (χ4v) is 3.57. The van der Waals surface area contributed by atoms with Crippen LogP contribution in [0.15, 0.2) is 54.9 Å². The number of carbonyl (C=O) groups is 1. The smallest absolute Gasteiger partial charge is 0.222 e. The number of anilines is 1. The number of benzene rings is 1. The van der Waals surface area contributed by atoms with Crippen molar-refractivity contribution in [1.82, 2.24) is 19.5 Å². The van der Waals surface area contributed by atoms with Gasteiger partial charge >= 0.3 is 0 Å². The lowest BCUT2D eigenvalue weighted by Gasteiger charge is -2.35. The number of rotatable bonds is 6. The van der Waals surface area contributed by atoms with Gasteiger partial charge in [0.1, 0.15) is 5.82 Å². The molecule has 1 fully saturated rings. The van der Waals surface area contributed by atoms with Crippen molar-refractivity contribution in [2.45, 2.75) is 25.7 Å². The number of unbranched alkanes of at least 4 members (excludes halogenated alkanes) is 1. The number of amides is 1. The average Bonchev–Trinajstić information content (AvgIpc) is 3.20. The Morgan fingerprint density at radius 2 is 1.78 bits per heavy atom. The van der Waals surface area contributed by atoms with Crippen molar-refractivity contribution in [3.8, 4) is 0 Å². The van der Waals surface area contributed by atoms with Crippen LogP contribution in [0.25, 0.3) is 5.65 Å². The predicted octanol–water partition coefficient (Wildman–Crippen LogP) is 2.79. The highest BCUT2D eigenvalue weighted by Gasteiger charge is 2.21. The van der Waals surface area contributed by atoms with Crippen molar-refractivity contribution >= 4 is 17.4 Å². The van der Waals surface area contributed by atoms with Gasteiger partial charge in [-0.1, -0.05) is 30.3 Å². The van der Waals surface area contributed by atoms with Gasteiger partial charge in [0.25, 0.3) is 0 Å². The van der Waals surface area contributed by atoms with E-state index in [1.807, 2.05) is 29.3 Å². The molecule has 2 aromatic heterocycles. The molecule has 0 bridgehead atoms. The summed E-state index contributed by atoms with van der Waals surface area (Å²) >= 11 is 0. The highest BCUT2D eigenvalue weighted by Crippen LogP contribution is 2.15. The number of imidazole rings is 1. The third-order valence-corrected chi connectivity index (χ3v) is 5.15. The molecule has 4 rings (SSSR count). The molecule has 6 nitrogen and oxygen atoms in total. The summed E-state index contributed by atoms with van der Waals surface area (Å²) in [6, 6.07) is 14.5. The van der Waals surface area contributed by atoms with Crippen LogP contribution in [0.2, 0.25) is 0 Å². The van der Waals surface area contributed by atoms with E-state index in [0.717, 1.165) is 56.9 Å². The van der Waals surface area contributed by atoms with E-state index < -0.39 is 0 Å². The molecular formula is C21H25N5O. The average molecular weight is 363 g/mol. The lowest BCUT2D eigenvalue weighted by molar-refractivity contribution is -0.131. The normalized spacial score (nSPS) is 14.7. The Morgan fingerprint density at radius 1 is 0.963 bits per heavy atom. The van der Waals surface area contributed by atoms with Crippen LogP contribution in [-0.4, -0.2) is 51.6 Å². The molecule has 1 aliphatic heterocycles. The standard InChI is InChI=1S/C21H25N5O/c27-21(9-5-4-8-18-6-2-1-3-7-18)25-16-14-24(15-17-25)20-11-10-19-22-12-13-26(19)23-20/h1-3,6-7,10-13H,4-5,8-9,14-17H2. The third-order valence-electron chi connectivity index (χ3n) is 5.15. The molecular weight excluding hydrogens is 338 g/mol. The Hall–Kier alpha value is -2.89. The van der Waals surface area contributed by atoms with Gasteiger partial charge in [-0.15, -0.1) is 5.10 Å². The van der Waals surface area contributed by atoms with Gasteiger partial charge in [0, 0.05) is 45.0 Å². The minimum atomic E-state index is 0.278. The molecule has 0 N–H and O–H groups in total. The van der Waals surface area contributed by atoms with E-state index in [1.54, 1.807) is 10.7 Å². The Labute approximate surface area is 159 Å². The highest BCUT2D eigenvalue weighted by atomic mass is 16.2. The fourth-order valence-electron chi connectivity index (χ4n) is 3.57. The molecule has 1 aromatic carbocycles. The van der Waals surface area contributed by atoms with Crippen molar-refractivity contribution in [3.63, 3.8) is 0 Å². The van der Waals surface area contributed by atoms with Crippen molar-refractivity contribution in [2.75, 3.05) is 31.1 Å². The first kappa shape index (κ1) is 17.5. The number of hydrogen-bond donors (Lipinski definition) is 0. The summed E-state index contributed by atoms with van der Waals surface area (Å²) in [6.45, 7) is 3.17. The monoisotopic (exact) mass is 363 g/mol. The van der Waals surface area contributed by atoms with Gasteiger partial charge in [-0.2, -0.15) is 0 Å².